The first kappa shape index (κ1) is 24.4. The van der Waals surface area contributed by atoms with Gasteiger partial charge in [-0.05, 0) is 56.5 Å². The molecule has 2 aliphatic rings. The third-order valence-electron chi connectivity index (χ3n) is 6.12. The first-order chi connectivity index (χ1) is 15.5. The molecule has 1 aromatic carbocycles. The summed E-state index contributed by atoms with van der Waals surface area (Å²) in [6, 6.07) is 6.14. The van der Waals surface area contributed by atoms with E-state index in [0.29, 0.717) is 32.0 Å². The molecule has 0 spiro atoms. The topological polar surface area (TPSA) is 65.1 Å². The number of Topliss-reactive ketones (excluding diaryl/α,β-unsaturated/α-hetero) is 1. The van der Waals surface area contributed by atoms with Crippen LogP contribution >= 0.6 is 0 Å². The molecule has 1 aromatic rings. The van der Waals surface area contributed by atoms with Crippen molar-refractivity contribution in [3.8, 4) is 0 Å². The summed E-state index contributed by atoms with van der Waals surface area (Å²) >= 11 is 0. The number of nitrogens with one attached hydrogen (secondary N) is 1. The van der Waals surface area contributed by atoms with Gasteiger partial charge in [-0.2, -0.15) is 0 Å². The summed E-state index contributed by atoms with van der Waals surface area (Å²) in [5.74, 6) is 0.521. The van der Waals surface area contributed by atoms with Gasteiger partial charge in [-0.3, -0.25) is 4.79 Å². The van der Waals surface area contributed by atoms with Crippen LogP contribution in [0.5, 0.6) is 0 Å². The number of ketones is 1. The maximum absolute atomic E-state index is 12.7. The van der Waals surface area contributed by atoms with Crippen molar-refractivity contribution in [1.82, 2.24) is 9.80 Å². The molecular formula is C25H40N4O3. The zero-order valence-electron chi connectivity index (χ0n) is 20.1. The molecule has 0 aromatic heterocycles. The second kappa shape index (κ2) is 12.1. The second-order valence-electron chi connectivity index (χ2n) is 9.36. The van der Waals surface area contributed by atoms with E-state index in [4.69, 9.17) is 4.74 Å². The molecule has 178 valence electrons. The van der Waals surface area contributed by atoms with Crippen LogP contribution in [0, 0.1) is 5.92 Å². The average molecular weight is 445 g/mol. The van der Waals surface area contributed by atoms with E-state index in [1.54, 1.807) is 4.90 Å². The number of benzene rings is 1. The van der Waals surface area contributed by atoms with E-state index in [-0.39, 0.29) is 11.9 Å². The Bertz CT molecular complexity index is 754. The molecule has 0 unspecified atom stereocenters. The monoisotopic (exact) mass is 444 g/mol. The quantitative estimate of drug-likeness (QED) is 0.549. The van der Waals surface area contributed by atoms with Crippen molar-refractivity contribution >= 4 is 23.3 Å². The van der Waals surface area contributed by atoms with E-state index in [2.05, 4.69) is 21.2 Å². The molecule has 3 rings (SSSR count). The highest BCUT2D eigenvalue weighted by atomic mass is 16.6. The van der Waals surface area contributed by atoms with Gasteiger partial charge in [0.1, 0.15) is 0 Å². The molecule has 1 N–H and O–H groups in total. The van der Waals surface area contributed by atoms with Crippen LogP contribution in [0.4, 0.5) is 16.2 Å². The summed E-state index contributed by atoms with van der Waals surface area (Å²) in [6.07, 6.45) is 3.77. The molecule has 0 radical (unpaired) electrons. The van der Waals surface area contributed by atoms with Gasteiger partial charge in [0.25, 0.3) is 0 Å². The number of carbonyl (C=O) groups excluding carboxylic acids is 2. The molecule has 0 aliphatic carbocycles. The minimum Gasteiger partial charge on any atom is -0.449 e. The molecular weight excluding hydrogens is 404 g/mol. The van der Waals surface area contributed by atoms with Crippen LogP contribution in [0.25, 0.3) is 0 Å². The van der Waals surface area contributed by atoms with Crippen molar-refractivity contribution in [3.63, 3.8) is 0 Å². The maximum atomic E-state index is 12.7. The molecule has 2 aliphatic heterocycles. The highest BCUT2D eigenvalue weighted by Crippen LogP contribution is 2.25. The third-order valence-corrected chi connectivity index (χ3v) is 6.12. The lowest BCUT2D eigenvalue weighted by atomic mass is 10.0. The number of amides is 1. The zero-order valence-corrected chi connectivity index (χ0v) is 20.1. The van der Waals surface area contributed by atoms with Gasteiger partial charge in [0.2, 0.25) is 0 Å². The molecule has 7 nitrogen and oxygen atoms in total. The normalized spacial score (nSPS) is 17.1. The number of carbonyl (C=O) groups is 2. The Morgan fingerprint density at radius 1 is 1.03 bits per heavy atom. The van der Waals surface area contributed by atoms with Crippen molar-refractivity contribution in [2.75, 3.05) is 69.2 Å². The number of rotatable bonds is 10. The fourth-order valence-corrected chi connectivity index (χ4v) is 4.27. The summed E-state index contributed by atoms with van der Waals surface area (Å²) < 4.78 is 5.38. The van der Waals surface area contributed by atoms with Gasteiger partial charge >= 0.3 is 6.09 Å². The van der Waals surface area contributed by atoms with E-state index in [9.17, 15) is 9.59 Å². The van der Waals surface area contributed by atoms with Crippen LogP contribution in [-0.4, -0.2) is 80.6 Å². The Morgan fingerprint density at radius 2 is 1.75 bits per heavy atom. The van der Waals surface area contributed by atoms with Crippen LogP contribution in [0.1, 0.15) is 56.8 Å². The second-order valence-corrected chi connectivity index (χ2v) is 9.36. The fraction of sp³-hybridized carbons (Fsp3) is 0.680. The first-order valence-electron chi connectivity index (χ1n) is 12.3. The highest BCUT2D eigenvalue weighted by molar-refractivity contribution is 5.98. The Kier molecular flexibility index (Phi) is 9.21. The van der Waals surface area contributed by atoms with Crippen molar-refractivity contribution < 1.29 is 14.3 Å². The third kappa shape index (κ3) is 7.12. The molecule has 7 heteroatoms. The summed E-state index contributed by atoms with van der Waals surface area (Å²) in [6.45, 7) is 13.6. The van der Waals surface area contributed by atoms with E-state index >= 15 is 0 Å². The Balaban J connectivity index is 1.63. The minimum absolute atomic E-state index is 0.188. The van der Waals surface area contributed by atoms with E-state index in [1.165, 1.54) is 25.9 Å². The van der Waals surface area contributed by atoms with E-state index < -0.39 is 0 Å². The predicted octanol–water partition coefficient (Wildman–Crippen LogP) is 4.09. The summed E-state index contributed by atoms with van der Waals surface area (Å²) in [5, 5.41) is 3.54. The number of likely N-dealkylation sites (tertiary alicyclic amines) is 1. The van der Waals surface area contributed by atoms with Crippen molar-refractivity contribution in [2.24, 2.45) is 5.92 Å². The standard InChI is InChI=1S/C25H40N4O3/c1-4-7-24(30)21-16-22(26-8-11-27-9-5-6-10-27)18-23(17-21)28-12-14-29(15-13-28)25(31)32-19-20(2)3/h16-18,20,26H,4-15,19H2,1-3H3. The van der Waals surface area contributed by atoms with Crippen LogP contribution < -0.4 is 10.2 Å². The number of piperazine rings is 1. The van der Waals surface area contributed by atoms with Gasteiger partial charge in [0.05, 0.1) is 6.61 Å². The lowest BCUT2D eigenvalue weighted by Gasteiger charge is -2.36. The molecule has 0 saturated carbocycles. The summed E-state index contributed by atoms with van der Waals surface area (Å²) in [5.41, 5.74) is 2.82. The van der Waals surface area contributed by atoms with E-state index in [0.717, 1.165) is 49.5 Å². The highest BCUT2D eigenvalue weighted by Gasteiger charge is 2.23. The largest absolute Gasteiger partial charge is 0.449 e. The number of nitrogens with zero attached hydrogens (tertiary/aromatic N) is 3. The van der Waals surface area contributed by atoms with E-state index in [1.807, 2.05) is 32.9 Å². The molecule has 2 saturated heterocycles. The van der Waals surface area contributed by atoms with Gasteiger partial charge < -0.3 is 24.8 Å². The average Bonchev–Trinajstić information content (AvgIpc) is 3.31. The van der Waals surface area contributed by atoms with Crippen LogP contribution in [0.15, 0.2) is 18.2 Å². The van der Waals surface area contributed by atoms with Gasteiger partial charge in [-0.15, -0.1) is 0 Å². The van der Waals surface area contributed by atoms with Gasteiger partial charge in [-0.25, -0.2) is 4.79 Å². The van der Waals surface area contributed by atoms with Gasteiger partial charge in [0, 0.05) is 62.6 Å². The van der Waals surface area contributed by atoms with Gasteiger partial charge in [-0.1, -0.05) is 20.8 Å². The number of hydrogen-bond donors (Lipinski definition) is 1. The molecule has 32 heavy (non-hydrogen) atoms. The van der Waals surface area contributed by atoms with Crippen LogP contribution in [-0.2, 0) is 4.74 Å². The summed E-state index contributed by atoms with van der Waals surface area (Å²) in [7, 11) is 0. The zero-order chi connectivity index (χ0) is 22.9. The van der Waals surface area contributed by atoms with Crippen molar-refractivity contribution in [3.05, 3.63) is 23.8 Å². The molecule has 2 heterocycles. The van der Waals surface area contributed by atoms with Crippen molar-refractivity contribution in [1.29, 1.82) is 0 Å². The Morgan fingerprint density at radius 3 is 2.41 bits per heavy atom. The Labute approximate surface area is 193 Å². The lowest BCUT2D eigenvalue weighted by molar-refractivity contribution is 0.0901. The lowest BCUT2D eigenvalue weighted by Crippen LogP contribution is -2.49. The van der Waals surface area contributed by atoms with Crippen molar-refractivity contribution in [2.45, 2.75) is 46.5 Å². The Hall–Kier alpha value is -2.28. The van der Waals surface area contributed by atoms with Crippen LogP contribution in [0.3, 0.4) is 0 Å². The molecule has 1 amide bonds. The number of anilines is 2. The SMILES string of the molecule is CCCC(=O)c1cc(NCCN2CCCC2)cc(N2CCN(C(=O)OCC(C)C)CC2)c1. The minimum atomic E-state index is -0.227. The van der Waals surface area contributed by atoms with Gasteiger partial charge in [0.15, 0.2) is 5.78 Å². The maximum Gasteiger partial charge on any atom is 0.409 e. The summed E-state index contributed by atoms with van der Waals surface area (Å²) in [4.78, 5) is 31.5. The number of ether oxygens (including phenoxy) is 1. The molecule has 0 atom stereocenters. The molecule has 0 bridgehead atoms. The smallest absolute Gasteiger partial charge is 0.409 e. The predicted molar refractivity (Wildman–Crippen MR) is 130 cm³/mol. The first-order valence-corrected chi connectivity index (χ1v) is 12.3. The molecule has 2 fully saturated rings. The number of hydrogen-bond acceptors (Lipinski definition) is 6. The van der Waals surface area contributed by atoms with Crippen LogP contribution in [0.2, 0.25) is 0 Å². The fourth-order valence-electron chi connectivity index (χ4n) is 4.27.